The maximum atomic E-state index is 14.6. The molecule has 0 radical (unpaired) electrons. The predicted molar refractivity (Wildman–Crippen MR) is 133 cm³/mol. The molecule has 5 rings (SSSR count). The van der Waals surface area contributed by atoms with Crippen molar-refractivity contribution >= 4 is 11.9 Å². The van der Waals surface area contributed by atoms with Crippen LogP contribution in [-0.2, 0) is 16.0 Å². The number of hydrogen-bond acceptors (Lipinski definition) is 7. The minimum Gasteiger partial charge on any atom is -0.493 e. The number of hydrogen-bond donors (Lipinski definition) is 0. The van der Waals surface area contributed by atoms with Crippen molar-refractivity contribution in [1.82, 2.24) is 15.0 Å². The molecule has 2 saturated heterocycles. The molecule has 36 heavy (non-hydrogen) atoms. The molecule has 8 nitrogen and oxygen atoms in total. The molecule has 2 aliphatic heterocycles. The van der Waals surface area contributed by atoms with Crippen LogP contribution in [0.5, 0.6) is 5.75 Å². The maximum Gasteiger partial charge on any atom is 0.324 e. The van der Waals surface area contributed by atoms with Crippen LogP contribution in [0.2, 0.25) is 0 Å². The zero-order valence-electron chi connectivity index (χ0n) is 21.5. The summed E-state index contributed by atoms with van der Waals surface area (Å²) in [6, 6.07) is 5.58. The molecule has 0 N–H and O–H groups in total. The van der Waals surface area contributed by atoms with Gasteiger partial charge in [0, 0.05) is 32.1 Å². The lowest BCUT2D eigenvalue weighted by atomic mass is 9.90. The molecule has 0 spiro atoms. The monoisotopic (exact) mass is 500 g/mol. The molecular formula is C27H37FN4O4. The molecule has 1 amide bonds. The number of benzene rings is 1. The summed E-state index contributed by atoms with van der Waals surface area (Å²) in [6.45, 7) is 7.75. The predicted octanol–water partition coefficient (Wildman–Crippen LogP) is 4.05. The van der Waals surface area contributed by atoms with E-state index < -0.39 is 5.82 Å². The van der Waals surface area contributed by atoms with Gasteiger partial charge in [0.1, 0.15) is 11.6 Å². The van der Waals surface area contributed by atoms with Crippen LogP contribution in [0, 0.1) is 23.6 Å². The summed E-state index contributed by atoms with van der Waals surface area (Å²) in [7, 11) is 1.75. The molecule has 1 aromatic carbocycles. The molecule has 1 saturated carbocycles. The highest BCUT2D eigenvalue weighted by atomic mass is 19.1. The van der Waals surface area contributed by atoms with Crippen molar-refractivity contribution in [2.75, 3.05) is 44.9 Å². The highest BCUT2D eigenvalue weighted by Gasteiger charge is 2.43. The first-order valence-electron chi connectivity index (χ1n) is 13.2. The van der Waals surface area contributed by atoms with Gasteiger partial charge in [0.05, 0.1) is 32.3 Å². The molecule has 1 aromatic heterocycles. The molecule has 3 aliphatic rings. The van der Waals surface area contributed by atoms with Crippen molar-refractivity contribution in [3.8, 4) is 5.75 Å². The van der Waals surface area contributed by atoms with E-state index in [4.69, 9.17) is 14.0 Å². The summed E-state index contributed by atoms with van der Waals surface area (Å²) >= 11 is 0. The molecule has 3 heterocycles. The molecule has 1 aliphatic carbocycles. The van der Waals surface area contributed by atoms with Crippen LogP contribution in [0.25, 0.3) is 0 Å². The van der Waals surface area contributed by atoms with Gasteiger partial charge in [-0.2, -0.15) is 4.98 Å². The lowest BCUT2D eigenvalue weighted by Gasteiger charge is -2.34. The van der Waals surface area contributed by atoms with E-state index in [1.165, 1.54) is 12.5 Å². The second kappa shape index (κ2) is 10.7. The highest BCUT2D eigenvalue weighted by Crippen LogP contribution is 2.50. The Morgan fingerprint density at radius 2 is 2.06 bits per heavy atom. The Morgan fingerprint density at radius 3 is 2.69 bits per heavy atom. The Balaban J connectivity index is 1.02. The maximum absolute atomic E-state index is 14.6. The van der Waals surface area contributed by atoms with Gasteiger partial charge in [-0.05, 0) is 55.1 Å². The summed E-state index contributed by atoms with van der Waals surface area (Å²) in [6.07, 6.45) is 4.59. The van der Waals surface area contributed by atoms with Crippen molar-refractivity contribution in [3.63, 3.8) is 0 Å². The van der Waals surface area contributed by atoms with E-state index in [-0.39, 0.29) is 24.3 Å². The van der Waals surface area contributed by atoms with E-state index in [9.17, 15) is 9.18 Å². The van der Waals surface area contributed by atoms with Crippen molar-refractivity contribution in [3.05, 3.63) is 35.4 Å². The number of ether oxygens (including phenoxy) is 2. The molecule has 0 bridgehead atoms. The molecule has 196 valence electrons. The van der Waals surface area contributed by atoms with Crippen LogP contribution in [0.3, 0.4) is 0 Å². The Kier molecular flexibility index (Phi) is 7.46. The van der Waals surface area contributed by atoms with Crippen LogP contribution in [-0.4, -0.2) is 66.9 Å². The topological polar surface area (TPSA) is 80.9 Å². The molecule has 2 atom stereocenters. The summed E-state index contributed by atoms with van der Waals surface area (Å²) in [5.41, 5.74) is 0.397. The zero-order chi connectivity index (χ0) is 25.2. The van der Waals surface area contributed by atoms with Crippen LogP contribution >= 0.6 is 0 Å². The first-order valence-corrected chi connectivity index (χ1v) is 13.2. The summed E-state index contributed by atoms with van der Waals surface area (Å²) in [4.78, 5) is 20.8. The van der Waals surface area contributed by atoms with E-state index in [1.807, 2.05) is 0 Å². The van der Waals surface area contributed by atoms with Gasteiger partial charge in [-0.15, -0.1) is 0 Å². The zero-order valence-corrected chi connectivity index (χ0v) is 21.5. The number of carbonyl (C=O) groups is 1. The second-order valence-corrected chi connectivity index (χ2v) is 10.8. The van der Waals surface area contributed by atoms with Crippen molar-refractivity contribution in [1.29, 1.82) is 0 Å². The SMILES string of the molecule is CC(C)c1noc(N2CCC([C@H]3C[C@H]3CCOc3ccc(CC(=O)N(C)C4COC4)c(F)c3)CC2)n1. The van der Waals surface area contributed by atoms with Gasteiger partial charge in [-0.25, -0.2) is 4.39 Å². The van der Waals surface area contributed by atoms with Gasteiger partial charge in [0.2, 0.25) is 5.91 Å². The molecule has 9 heteroatoms. The number of nitrogens with zero attached hydrogens (tertiary/aromatic N) is 4. The number of aromatic nitrogens is 2. The van der Waals surface area contributed by atoms with Crippen LogP contribution < -0.4 is 9.64 Å². The quantitative estimate of drug-likeness (QED) is 0.487. The van der Waals surface area contributed by atoms with E-state index in [2.05, 4.69) is 28.9 Å². The Morgan fingerprint density at radius 1 is 1.28 bits per heavy atom. The third-order valence-corrected chi connectivity index (χ3v) is 8.03. The number of rotatable bonds is 10. The minimum absolute atomic E-state index is 0.0487. The fraction of sp³-hybridized carbons (Fsp3) is 0.667. The van der Waals surface area contributed by atoms with E-state index in [0.717, 1.165) is 50.0 Å². The second-order valence-electron chi connectivity index (χ2n) is 10.8. The summed E-state index contributed by atoms with van der Waals surface area (Å²) in [5, 5.41) is 4.08. The Labute approximate surface area is 212 Å². The Bertz CT molecular complexity index is 1050. The average Bonchev–Trinajstić information content (AvgIpc) is 3.42. The van der Waals surface area contributed by atoms with Gasteiger partial charge >= 0.3 is 6.01 Å². The van der Waals surface area contributed by atoms with Crippen molar-refractivity contribution in [2.24, 2.45) is 17.8 Å². The molecule has 2 aromatic rings. The summed E-state index contributed by atoms with van der Waals surface area (Å²) in [5.74, 6) is 3.25. The fourth-order valence-electron chi connectivity index (χ4n) is 5.32. The molecule has 3 fully saturated rings. The first kappa shape index (κ1) is 25.0. The van der Waals surface area contributed by atoms with Gasteiger partial charge in [0.15, 0.2) is 5.82 Å². The lowest BCUT2D eigenvalue weighted by molar-refractivity contribution is -0.141. The van der Waals surface area contributed by atoms with Gasteiger partial charge < -0.3 is 23.8 Å². The number of amides is 1. The van der Waals surface area contributed by atoms with E-state index in [0.29, 0.717) is 43.1 Å². The van der Waals surface area contributed by atoms with Crippen LogP contribution in [0.1, 0.15) is 56.8 Å². The summed E-state index contributed by atoms with van der Waals surface area (Å²) < 4.78 is 31.0. The normalized spacial score (nSPS) is 22.5. The van der Waals surface area contributed by atoms with Gasteiger partial charge in [0.25, 0.3) is 0 Å². The van der Waals surface area contributed by atoms with Crippen LogP contribution in [0.15, 0.2) is 22.7 Å². The first-order chi connectivity index (χ1) is 17.4. The molecular weight excluding hydrogens is 463 g/mol. The van der Waals surface area contributed by atoms with Crippen molar-refractivity contribution < 1.29 is 23.2 Å². The van der Waals surface area contributed by atoms with Crippen LogP contribution in [0.4, 0.5) is 10.4 Å². The fourth-order valence-corrected chi connectivity index (χ4v) is 5.32. The van der Waals surface area contributed by atoms with E-state index in [1.54, 1.807) is 24.1 Å². The van der Waals surface area contributed by atoms with Gasteiger partial charge in [-0.3, -0.25) is 4.79 Å². The number of piperidine rings is 1. The Hall–Kier alpha value is -2.68. The minimum atomic E-state index is -0.392. The smallest absolute Gasteiger partial charge is 0.324 e. The van der Waals surface area contributed by atoms with Gasteiger partial charge in [-0.1, -0.05) is 25.1 Å². The average molecular weight is 501 g/mol. The standard InChI is InChI=1S/C27H37FN4O4/c1-17(2)26-29-27(36-30-26)32-9-6-18(7-10-32)23-12-19(23)8-11-35-22-5-4-20(24(28)14-22)13-25(33)31(3)21-15-34-16-21/h4-5,14,17-19,21,23H,6-13,15-16H2,1-3H3/t19-,23-/m1/s1. The highest BCUT2D eigenvalue weighted by molar-refractivity contribution is 5.79. The van der Waals surface area contributed by atoms with E-state index >= 15 is 0 Å². The number of anilines is 1. The third-order valence-electron chi connectivity index (χ3n) is 8.03. The number of carbonyl (C=O) groups excluding carboxylic acids is 1. The largest absolute Gasteiger partial charge is 0.493 e. The van der Waals surface area contributed by atoms with Crippen molar-refractivity contribution in [2.45, 2.75) is 57.9 Å². The number of likely N-dealkylation sites (N-methyl/N-ethyl adjacent to an activating group) is 1. The third kappa shape index (κ3) is 5.66. The lowest BCUT2D eigenvalue weighted by Crippen LogP contribution is -2.50. The molecule has 0 unspecified atom stereocenters. The number of halogens is 1.